The largest absolute Gasteiger partial charge is 0.398 e. The first-order valence-corrected chi connectivity index (χ1v) is 9.59. The quantitative estimate of drug-likeness (QED) is 0.340. The number of nitrogens with two attached hydrogens (primary N) is 1. The van der Waals surface area contributed by atoms with Crippen molar-refractivity contribution in [1.29, 1.82) is 0 Å². The van der Waals surface area contributed by atoms with Crippen molar-refractivity contribution in [3.63, 3.8) is 0 Å². The third-order valence-corrected chi connectivity index (χ3v) is 5.36. The number of anilines is 1. The molecule has 1 heteroatoms. The predicted molar refractivity (Wildman–Crippen MR) is 108 cm³/mol. The fraction of sp³-hybridized carbons (Fsp3) is 0.565. The molecule has 0 spiro atoms. The number of hydrogen-bond acceptors (Lipinski definition) is 1. The summed E-state index contributed by atoms with van der Waals surface area (Å²) in [4.78, 5) is 0. The SMILES string of the molecule is CCCCCc1cc(C)c2c(c1N)CC(C)(CCC=C(C)C)C=C2. The van der Waals surface area contributed by atoms with Crippen molar-refractivity contribution in [3.8, 4) is 0 Å². The number of nitrogen functional groups attached to an aromatic ring is 1. The Kier molecular flexibility index (Phi) is 6.32. The lowest BCUT2D eigenvalue weighted by Gasteiger charge is -2.32. The number of rotatable bonds is 7. The van der Waals surface area contributed by atoms with Crippen LogP contribution in [0.25, 0.3) is 6.08 Å². The molecule has 1 aromatic carbocycles. The van der Waals surface area contributed by atoms with Gasteiger partial charge in [0.25, 0.3) is 0 Å². The lowest BCUT2D eigenvalue weighted by molar-refractivity contribution is 0.390. The van der Waals surface area contributed by atoms with E-state index in [1.54, 1.807) is 0 Å². The monoisotopic (exact) mass is 325 g/mol. The van der Waals surface area contributed by atoms with E-state index in [9.17, 15) is 0 Å². The molecule has 0 heterocycles. The van der Waals surface area contributed by atoms with Crippen LogP contribution in [0.5, 0.6) is 0 Å². The lowest BCUT2D eigenvalue weighted by Crippen LogP contribution is -2.22. The van der Waals surface area contributed by atoms with E-state index in [2.05, 4.69) is 58.9 Å². The second kappa shape index (κ2) is 8.05. The molecular formula is C23H35N. The normalized spacial score (nSPS) is 19.2. The summed E-state index contributed by atoms with van der Waals surface area (Å²) < 4.78 is 0. The van der Waals surface area contributed by atoms with Gasteiger partial charge in [-0.25, -0.2) is 0 Å². The van der Waals surface area contributed by atoms with E-state index in [-0.39, 0.29) is 5.41 Å². The van der Waals surface area contributed by atoms with Crippen LogP contribution in [-0.4, -0.2) is 0 Å². The zero-order valence-electron chi connectivity index (χ0n) is 16.3. The zero-order chi connectivity index (χ0) is 17.7. The Morgan fingerprint density at radius 1 is 1.29 bits per heavy atom. The van der Waals surface area contributed by atoms with E-state index >= 15 is 0 Å². The van der Waals surface area contributed by atoms with Gasteiger partial charge in [0.05, 0.1) is 0 Å². The Morgan fingerprint density at radius 2 is 2.04 bits per heavy atom. The molecule has 0 saturated heterocycles. The topological polar surface area (TPSA) is 26.0 Å². The van der Waals surface area contributed by atoms with Crippen molar-refractivity contribution < 1.29 is 0 Å². The second-order valence-corrected chi connectivity index (χ2v) is 8.10. The number of allylic oxidation sites excluding steroid dienone is 3. The predicted octanol–water partition coefficient (Wildman–Crippen LogP) is 6.63. The Morgan fingerprint density at radius 3 is 2.71 bits per heavy atom. The zero-order valence-corrected chi connectivity index (χ0v) is 16.3. The van der Waals surface area contributed by atoms with Crippen molar-refractivity contribution in [1.82, 2.24) is 0 Å². The number of hydrogen-bond donors (Lipinski definition) is 1. The van der Waals surface area contributed by atoms with Gasteiger partial charge in [-0.1, -0.05) is 56.6 Å². The highest BCUT2D eigenvalue weighted by Crippen LogP contribution is 2.41. The summed E-state index contributed by atoms with van der Waals surface area (Å²) in [6.45, 7) is 11.2. The van der Waals surface area contributed by atoms with Gasteiger partial charge in [0.15, 0.2) is 0 Å². The van der Waals surface area contributed by atoms with Crippen LogP contribution in [0.15, 0.2) is 23.8 Å². The molecule has 1 aromatic rings. The third kappa shape index (κ3) is 4.53. The van der Waals surface area contributed by atoms with Gasteiger partial charge in [0.2, 0.25) is 0 Å². The summed E-state index contributed by atoms with van der Waals surface area (Å²) >= 11 is 0. The maximum Gasteiger partial charge on any atom is 0.0385 e. The molecule has 1 aliphatic carbocycles. The first-order chi connectivity index (χ1) is 11.4. The third-order valence-electron chi connectivity index (χ3n) is 5.36. The number of aryl methyl sites for hydroxylation is 2. The van der Waals surface area contributed by atoms with E-state index in [4.69, 9.17) is 5.73 Å². The summed E-state index contributed by atoms with van der Waals surface area (Å²) in [5, 5.41) is 0. The van der Waals surface area contributed by atoms with Crippen molar-refractivity contribution in [2.75, 3.05) is 5.73 Å². The molecule has 1 unspecified atom stereocenters. The molecule has 24 heavy (non-hydrogen) atoms. The fourth-order valence-electron chi connectivity index (χ4n) is 3.80. The first-order valence-electron chi connectivity index (χ1n) is 9.59. The van der Waals surface area contributed by atoms with Crippen molar-refractivity contribution in [2.45, 2.75) is 79.6 Å². The number of fused-ring (bicyclic) bond motifs is 1. The van der Waals surface area contributed by atoms with Crippen LogP contribution in [0.4, 0.5) is 5.69 Å². The molecule has 0 amide bonds. The minimum Gasteiger partial charge on any atom is -0.398 e. The van der Waals surface area contributed by atoms with Crippen LogP contribution in [0, 0.1) is 12.3 Å². The maximum absolute atomic E-state index is 6.61. The van der Waals surface area contributed by atoms with Crippen LogP contribution in [0.3, 0.4) is 0 Å². The van der Waals surface area contributed by atoms with Crippen molar-refractivity contribution in [2.24, 2.45) is 5.41 Å². The van der Waals surface area contributed by atoms with Gasteiger partial charge in [-0.3, -0.25) is 0 Å². The number of benzene rings is 1. The van der Waals surface area contributed by atoms with Gasteiger partial charge >= 0.3 is 0 Å². The maximum atomic E-state index is 6.61. The van der Waals surface area contributed by atoms with Crippen LogP contribution < -0.4 is 5.73 Å². The van der Waals surface area contributed by atoms with Gasteiger partial charge in [-0.15, -0.1) is 0 Å². The molecular weight excluding hydrogens is 290 g/mol. The van der Waals surface area contributed by atoms with Gasteiger partial charge in [0, 0.05) is 5.69 Å². The van der Waals surface area contributed by atoms with Gasteiger partial charge in [0.1, 0.15) is 0 Å². The Hall–Kier alpha value is -1.50. The van der Waals surface area contributed by atoms with E-state index in [0.29, 0.717) is 0 Å². The van der Waals surface area contributed by atoms with E-state index in [1.807, 2.05) is 0 Å². The molecule has 0 aliphatic heterocycles. The second-order valence-electron chi connectivity index (χ2n) is 8.10. The Balaban J connectivity index is 2.23. The Labute approximate surface area is 149 Å². The molecule has 0 aromatic heterocycles. The number of unbranched alkanes of at least 4 members (excludes halogenated alkanes) is 2. The lowest BCUT2D eigenvalue weighted by atomic mass is 9.73. The van der Waals surface area contributed by atoms with Crippen LogP contribution >= 0.6 is 0 Å². The molecule has 0 saturated carbocycles. The molecule has 1 nitrogen and oxygen atoms in total. The standard InChI is InChI=1S/C23H35N/c1-6-7-8-11-19-15-18(4)20-12-14-23(5,13-9-10-17(2)3)16-21(20)22(19)24/h10,12,14-15H,6-9,11,13,16,24H2,1-5H3. The van der Waals surface area contributed by atoms with Crippen LogP contribution in [0.2, 0.25) is 0 Å². The highest BCUT2D eigenvalue weighted by atomic mass is 14.6. The smallest absolute Gasteiger partial charge is 0.0385 e. The van der Waals surface area contributed by atoms with Crippen LogP contribution in [0.1, 0.15) is 82.1 Å². The first kappa shape index (κ1) is 18.8. The highest BCUT2D eigenvalue weighted by Gasteiger charge is 2.28. The summed E-state index contributed by atoms with van der Waals surface area (Å²) in [6.07, 6.45) is 15.4. The minimum absolute atomic E-state index is 0.224. The molecule has 1 aliphatic rings. The summed E-state index contributed by atoms with van der Waals surface area (Å²) in [5.41, 5.74) is 14.8. The molecule has 0 fully saturated rings. The fourth-order valence-corrected chi connectivity index (χ4v) is 3.80. The highest BCUT2D eigenvalue weighted by molar-refractivity contribution is 5.71. The van der Waals surface area contributed by atoms with Crippen LogP contribution in [-0.2, 0) is 12.8 Å². The average Bonchev–Trinajstić information content (AvgIpc) is 2.51. The van der Waals surface area contributed by atoms with Gasteiger partial charge in [-0.2, -0.15) is 0 Å². The molecule has 1 atom stereocenters. The molecule has 2 N–H and O–H groups in total. The summed E-state index contributed by atoms with van der Waals surface area (Å²) in [5.74, 6) is 0. The molecule has 0 bridgehead atoms. The minimum atomic E-state index is 0.224. The summed E-state index contributed by atoms with van der Waals surface area (Å²) in [7, 11) is 0. The van der Waals surface area contributed by atoms with Crippen molar-refractivity contribution in [3.05, 3.63) is 46.0 Å². The van der Waals surface area contributed by atoms with Gasteiger partial charge < -0.3 is 5.73 Å². The average molecular weight is 326 g/mol. The summed E-state index contributed by atoms with van der Waals surface area (Å²) in [6, 6.07) is 2.32. The van der Waals surface area contributed by atoms with Gasteiger partial charge in [-0.05, 0) is 80.5 Å². The van der Waals surface area contributed by atoms with E-state index < -0.39 is 0 Å². The van der Waals surface area contributed by atoms with Crippen molar-refractivity contribution >= 4 is 11.8 Å². The Bertz CT molecular complexity index is 632. The molecule has 132 valence electrons. The van der Waals surface area contributed by atoms with E-state index in [1.165, 1.54) is 53.5 Å². The molecule has 0 radical (unpaired) electrons. The van der Waals surface area contributed by atoms with E-state index in [0.717, 1.165) is 24.9 Å². The molecule has 2 rings (SSSR count).